The Morgan fingerprint density at radius 3 is 1.40 bits per heavy atom. The summed E-state index contributed by atoms with van der Waals surface area (Å²) in [7, 11) is 0. The average Bonchev–Trinajstić information content (AvgIpc) is 3.51. The van der Waals surface area contributed by atoms with E-state index in [2.05, 4.69) is 37.2 Å². The number of rotatable bonds is 3. The summed E-state index contributed by atoms with van der Waals surface area (Å²) in [6.07, 6.45) is 0.641. The van der Waals surface area contributed by atoms with E-state index >= 15 is 17.6 Å². The molecule has 18 atom stereocenters. The molecule has 10 nitrogen and oxygen atoms in total. The molecule has 0 radical (unpaired) electrons. The minimum absolute atomic E-state index is 0. The van der Waals surface area contributed by atoms with Gasteiger partial charge in [0.05, 0.1) is 12.2 Å². The molecule has 0 aromatic carbocycles. The number of ketones is 3. The molecule has 0 bridgehead atoms. The van der Waals surface area contributed by atoms with Crippen molar-refractivity contribution >= 4 is 84.5 Å². The maximum Gasteiger partial charge on any atom is 0.336 e. The van der Waals surface area contributed by atoms with E-state index in [1.807, 2.05) is 0 Å². The van der Waals surface area contributed by atoms with Crippen molar-refractivity contribution in [2.75, 3.05) is 6.61 Å². The summed E-state index contributed by atoms with van der Waals surface area (Å²) in [4.78, 5) is 48.1. The van der Waals surface area contributed by atoms with Crippen molar-refractivity contribution in [3.8, 4) is 0 Å². The molecule has 4 unspecified atom stereocenters. The van der Waals surface area contributed by atoms with Crippen LogP contribution >= 0.6 is 61.2 Å². The van der Waals surface area contributed by atoms with Gasteiger partial charge in [-0.1, -0.05) is 39.8 Å². The first kappa shape index (κ1) is 50.2. The Morgan fingerprint density at radius 1 is 0.700 bits per heavy atom. The maximum atomic E-state index is 16.9. The van der Waals surface area contributed by atoms with Crippen LogP contribution in [-0.4, -0.2) is 108 Å². The molecule has 0 aromatic rings. The fourth-order valence-corrected chi connectivity index (χ4v) is 14.2. The molecule has 0 aliphatic heterocycles. The second-order valence-electron chi connectivity index (χ2n) is 19.4. The monoisotopic (exact) mass is 1190 g/mol. The normalized spacial score (nSPS) is 51.8. The standard InChI is InChI=1S/C22H28F2O5.C21H26F2O5.I2.HI/c1-11-6-13-14-8-16(23)15-7-12(26)4-5-19(15,2)21(14,24)17(27)9-20(13,3)22(11,29)18(28)10-25;1-10-6-12-13-8-15(22)14-7-11(24)4-5-18(14,2)20(13,23)16(25)9-19(12,3)21(10,28)17(26)27;1-2;/h4-5,7,11,13-14,16-17,25,27,29H,6,8-10H2,1-3H3;4-5,7,10,12-13,15-16,25,28H,6,8-9H2,1-3H3,(H,26,27);;1H/t11-,13?,14?,16+,17+,19+,20+,21+,22+;10-,12?,13?,15+,16+,18+,19+,20+,21+;;/m11../s1. The number of carbonyl (C=O) groups is 4. The van der Waals surface area contributed by atoms with Gasteiger partial charge in [-0.15, -0.1) is 24.0 Å². The average molecular weight is 1190 g/mol. The summed E-state index contributed by atoms with van der Waals surface area (Å²) in [5, 5.41) is 63.7. The lowest BCUT2D eigenvalue weighted by Crippen LogP contribution is -2.70. The molecule has 6 N–H and O–H groups in total. The van der Waals surface area contributed by atoms with Gasteiger partial charge in [0.2, 0.25) is 0 Å². The number of hydrogen-bond donors (Lipinski definition) is 6. The van der Waals surface area contributed by atoms with Crippen molar-refractivity contribution in [2.24, 2.45) is 57.2 Å². The predicted octanol–water partition coefficient (Wildman–Crippen LogP) is 6.60. The number of aliphatic carboxylic acids is 1. The van der Waals surface area contributed by atoms with Crippen LogP contribution in [0, 0.1) is 57.2 Å². The van der Waals surface area contributed by atoms with Gasteiger partial charge in [-0.25, -0.2) is 22.4 Å². The van der Waals surface area contributed by atoms with Gasteiger partial charge in [-0.3, -0.25) is 14.4 Å². The largest absolute Gasteiger partial charge is 0.479 e. The van der Waals surface area contributed by atoms with E-state index in [0.29, 0.717) is 0 Å². The zero-order chi connectivity index (χ0) is 44.4. The van der Waals surface area contributed by atoms with Gasteiger partial charge in [-0.05, 0) is 111 Å². The van der Waals surface area contributed by atoms with Crippen LogP contribution in [0.4, 0.5) is 17.6 Å². The van der Waals surface area contributed by atoms with Crippen molar-refractivity contribution < 1.29 is 67.4 Å². The van der Waals surface area contributed by atoms with E-state index in [1.165, 1.54) is 38.2 Å². The van der Waals surface area contributed by atoms with Crippen LogP contribution in [0.5, 0.6) is 0 Å². The molecule has 0 saturated heterocycles. The molecule has 8 aliphatic rings. The topological polar surface area (TPSA) is 190 Å². The molecular formula is C43H55F4I3O10. The molecular weight excluding hydrogens is 1130 g/mol. The first-order valence-corrected chi connectivity index (χ1v) is 26.4. The highest BCUT2D eigenvalue weighted by Crippen LogP contribution is 2.72. The summed E-state index contributed by atoms with van der Waals surface area (Å²) in [6.45, 7) is 8.63. The lowest BCUT2D eigenvalue weighted by atomic mass is 9.44. The molecule has 0 spiro atoms. The zero-order valence-electron chi connectivity index (χ0n) is 34.2. The number of allylic oxidation sites excluding steroid dienone is 8. The summed E-state index contributed by atoms with van der Waals surface area (Å²) in [5.41, 5.74) is -14.0. The van der Waals surface area contributed by atoms with Crippen LogP contribution in [0.2, 0.25) is 0 Å². The molecule has 0 amide bonds. The smallest absolute Gasteiger partial charge is 0.336 e. The first-order chi connectivity index (χ1) is 27.2. The number of aliphatic hydroxyl groups excluding tert-OH is 3. The Bertz CT molecular complexity index is 1950. The van der Waals surface area contributed by atoms with Crippen LogP contribution in [0.3, 0.4) is 0 Å². The van der Waals surface area contributed by atoms with Gasteiger partial charge in [0, 0.05) is 70.7 Å². The van der Waals surface area contributed by atoms with E-state index in [4.69, 9.17) is 0 Å². The quantitative estimate of drug-likeness (QED) is 0.133. The summed E-state index contributed by atoms with van der Waals surface area (Å²) >= 11 is 4.24. The van der Waals surface area contributed by atoms with Gasteiger partial charge in [0.25, 0.3) is 0 Å². The molecule has 8 aliphatic carbocycles. The highest BCUT2D eigenvalue weighted by atomic mass is 128. The van der Waals surface area contributed by atoms with E-state index < -0.39 is 134 Å². The van der Waals surface area contributed by atoms with Gasteiger partial charge >= 0.3 is 5.97 Å². The fourth-order valence-electron chi connectivity index (χ4n) is 14.2. The van der Waals surface area contributed by atoms with Gasteiger partial charge in [0.15, 0.2) is 34.3 Å². The number of carboxylic acids is 1. The number of Topliss-reactive ketones (excluding diaryl/α,β-unsaturated/α-hetero) is 1. The third-order valence-electron chi connectivity index (χ3n) is 17.3. The minimum Gasteiger partial charge on any atom is -0.479 e. The Labute approximate surface area is 387 Å². The van der Waals surface area contributed by atoms with Gasteiger partial charge in [-0.2, -0.15) is 0 Å². The van der Waals surface area contributed by atoms with E-state index in [-0.39, 0.29) is 73.6 Å². The number of alkyl halides is 4. The second-order valence-corrected chi connectivity index (χ2v) is 19.4. The second kappa shape index (κ2) is 16.2. The molecule has 0 aromatic heterocycles. The maximum absolute atomic E-state index is 16.9. The van der Waals surface area contributed by atoms with Crippen LogP contribution in [0.1, 0.15) is 80.1 Å². The van der Waals surface area contributed by atoms with Gasteiger partial charge < -0.3 is 30.6 Å². The highest BCUT2D eigenvalue weighted by molar-refractivity contribution is 15.0. The Morgan fingerprint density at radius 2 is 1.05 bits per heavy atom. The van der Waals surface area contributed by atoms with Crippen molar-refractivity contribution in [1.82, 2.24) is 0 Å². The molecule has 17 heteroatoms. The van der Waals surface area contributed by atoms with Crippen molar-refractivity contribution in [2.45, 2.75) is 127 Å². The third-order valence-corrected chi connectivity index (χ3v) is 17.3. The molecule has 336 valence electrons. The van der Waals surface area contributed by atoms with E-state index in [0.717, 1.165) is 12.2 Å². The number of hydrogen-bond acceptors (Lipinski definition) is 9. The lowest BCUT2D eigenvalue weighted by molar-refractivity contribution is -0.229. The number of halogens is 7. The van der Waals surface area contributed by atoms with Gasteiger partial charge in [0.1, 0.15) is 24.6 Å². The number of carboxylic acid groups (broad SMARTS) is 1. The number of fused-ring (bicyclic) bond motifs is 10. The Kier molecular flexibility index (Phi) is 13.6. The summed E-state index contributed by atoms with van der Waals surface area (Å²) in [6, 6.07) is 0. The Hall–Kier alpha value is -0.850. The third kappa shape index (κ3) is 6.15. The molecule has 0 heterocycles. The number of aliphatic hydroxyl groups is 5. The summed E-state index contributed by atoms with van der Waals surface area (Å²) in [5.74, 6) is -7.31. The van der Waals surface area contributed by atoms with Crippen molar-refractivity contribution in [3.05, 3.63) is 47.6 Å². The number of carbonyl (C=O) groups excluding carboxylic acids is 3. The van der Waals surface area contributed by atoms with Crippen LogP contribution in [0.25, 0.3) is 0 Å². The molecule has 8 rings (SSSR count). The van der Waals surface area contributed by atoms with Crippen molar-refractivity contribution in [3.63, 3.8) is 0 Å². The Balaban J connectivity index is 0.000000215. The zero-order valence-corrected chi connectivity index (χ0v) is 40.8. The van der Waals surface area contributed by atoms with Crippen LogP contribution < -0.4 is 0 Å². The molecule has 6 saturated carbocycles. The van der Waals surface area contributed by atoms with Crippen LogP contribution in [0.15, 0.2) is 47.6 Å². The predicted molar refractivity (Wildman–Crippen MR) is 239 cm³/mol. The summed E-state index contributed by atoms with van der Waals surface area (Å²) < 4.78 is 64.0. The molecule has 60 heavy (non-hydrogen) atoms. The first-order valence-electron chi connectivity index (χ1n) is 20.1. The SMILES string of the molecule is C[C@@H]1CC2C3C[C@H](F)C4=CC(=O)C=C[C@]4(C)[C@@]3(F)[C@@H](O)C[C@]2(C)[C@@]1(O)C(=O)CO.C[C@@H]1CC2C3C[C@H](F)C4=CC(=O)C=C[C@]4(C)[C@@]3(F)[C@@H](O)C[C@]2(C)[C@@]1(O)C(=O)O.I.II. The fraction of sp³-hybridized carbons (Fsp3) is 0.721. The highest BCUT2D eigenvalue weighted by Gasteiger charge is 2.78. The van der Waals surface area contributed by atoms with E-state index in [1.54, 1.807) is 27.7 Å². The van der Waals surface area contributed by atoms with E-state index in [9.17, 15) is 49.8 Å². The minimum atomic E-state index is -2.26. The molecule has 6 fully saturated rings. The van der Waals surface area contributed by atoms with Crippen molar-refractivity contribution in [1.29, 1.82) is 0 Å². The lowest BCUT2D eigenvalue weighted by Gasteiger charge is -2.63. The van der Waals surface area contributed by atoms with Crippen LogP contribution in [-0.2, 0) is 19.2 Å².